The van der Waals surface area contributed by atoms with E-state index in [0.717, 1.165) is 62.8 Å². The number of hydrazine groups is 1. The van der Waals surface area contributed by atoms with Crippen molar-refractivity contribution in [2.75, 3.05) is 39.8 Å². The van der Waals surface area contributed by atoms with Gasteiger partial charge in [-0.25, -0.2) is 10.0 Å². The highest BCUT2D eigenvalue weighted by Gasteiger charge is 2.31. The summed E-state index contributed by atoms with van der Waals surface area (Å²) in [6, 6.07) is 21.2. The molecule has 158 valence electrons. The molecule has 0 unspecified atom stereocenters. The van der Waals surface area contributed by atoms with Crippen LogP contribution in [0.1, 0.15) is 11.1 Å². The Kier molecular flexibility index (Phi) is 7.11. The molecule has 8 heteroatoms. The minimum Gasteiger partial charge on any atom is -0.348 e. The summed E-state index contributed by atoms with van der Waals surface area (Å²) in [4.78, 5) is 4.71. The number of rotatable bonds is 7. The maximum Gasteiger partial charge on any atom is 0.190 e. The van der Waals surface area contributed by atoms with Gasteiger partial charge in [0.1, 0.15) is 0 Å². The van der Waals surface area contributed by atoms with Crippen molar-refractivity contribution < 1.29 is 0 Å². The van der Waals surface area contributed by atoms with Gasteiger partial charge in [0.15, 0.2) is 10.2 Å². The lowest BCUT2D eigenvalue weighted by atomic mass is 10.1. The van der Waals surface area contributed by atoms with Crippen LogP contribution in [0.25, 0.3) is 0 Å². The lowest BCUT2D eigenvalue weighted by molar-refractivity contribution is -0.0142. The third kappa shape index (κ3) is 5.46. The highest BCUT2D eigenvalue weighted by atomic mass is 32.1. The molecule has 0 aliphatic carbocycles. The monoisotopic (exact) mass is 440 g/mol. The second-order valence-electron chi connectivity index (χ2n) is 7.62. The number of hydrogen-bond acceptors (Lipinski definition) is 4. The van der Waals surface area contributed by atoms with E-state index in [9.17, 15) is 0 Å². The predicted molar refractivity (Wildman–Crippen MR) is 128 cm³/mol. The van der Waals surface area contributed by atoms with Crippen molar-refractivity contribution in [2.45, 2.75) is 12.8 Å². The van der Waals surface area contributed by atoms with Crippen LogP contribution in [-0.2, 0) is 12.8 Å². The van der Waals surface area contributed by atoms with Crippen LogP contribution in [0.4, 0.5) is 0 Å². The van der Waals surface area contributed by atoms with Crippen LogP contribution >= 0.6 is 24.4 Å². The molecule has 0 amide bonds. The molecule has 2 aliphatic rings. The molecule has 2 aromatic carbocycles. The van der Waals surface area contributed by atoms with Crippen molar-refractivity contribution in [1.29, 1.82) is 0 Å². The molecule has 0 radical (unpaired) electrons. The van der Waals surface area contributed by atoms with Gasteiger partial charge >= 0.3 is 0 Å². The van der Waals surface area contributed by atoms with Gasteiger partial charge in [0, 0.05) is 13.1 Å². The van der Waals surface area contributed by atoms with Gasteiger partial charge in [-0.2, -0.15) is 0 Å². The summed E-state index contributed by atoms with van der Waals surface area (Å²) in [5, 5.41) is 12.3. The van der Waals surface area contributed by atoms with Crippen LogP contribution in [0.2, 0.25) is 0 Å². The molecule has 0 atom stereocenters. The van der Waals surface area contributed by atoms with Gasteiger partial charge in [-0.1, -0.05) is 60.7 Å². The lowest BCUT2D eigenvalue weighted by Gasteiger charge is -2.48. The molecule has 2 aliphatic heterocycles. The average Bonchev–Trinajstić information content (AvgIpc) is 2.79. The summed E-state index contributed by atoms with van der Waals surface area (Å²) < 4.78 is 0. The molecule has 4 rings (SSSR count). The van der Waals surface area contributed by atoms with Crippen molar-refractivity contribution in [2.24, 2.45) is 0 Å². The van der Waals surface area contributed by atoms with Gasteiger partial charge in [-0.3, -0.25) is 9.80 Å². The first-order valence-electron chi connectivity index (χ1n) is 10.3. The van der Waals surface area contributed by atoms with E-state index < -0.39 is 0 Å². The van der Waals surface area contributed by atoms with E-state index in [1.54, 1.807) is 0 Å². The SMILES string of the molecule is S=C1NCN(CCc2ccccc2)CN1N1CN(CCc2ccccc2)CNC1=S. The first-order valence-corrected chi connectivity index (χ1v) is 11.1. The molecule has 2 saturated heterocycles. The quantitative estimate of drug-likeness (QED) is 0.635. The van der Waals surface area contributed by atoms with E-state index in [4.69, 9.17) is 24.4 Å². The normalized spacial score (nSPS) is 18.3. The third-order valence-electron chi connectivity index (χ3n) is 5.46. The fourth-order valence-electron chi connectivity index (χ4n) is 3.68. The topological polar surface area (TPSA) is 37.0 Å². The van der Waals surface area contributed by atoms with Crippen LogP contribution < -0.4 is 10.6 Å². The van der Waals surface area contributed by atoms with Crippen molar-refractivity contribution in [3.8, 4) is 0 Å². The van der Waals surface area contributed by atoms with Crippen molar-refractivity contribution in [3.63, 3.8) is 0 Å². The summed E-state index contributed by atoms with van der Waals surface area (Å²) in [5.74, 6) is 0. The second kappa shape index (κ2) is 10.2. The molecule has 2 heterocycles. The Morgan fingerprint density at radius 3 is 1.43 bits per heavy atom. The first-order chi connectivity index (χ1) is 14.7. The Balaban J connectivity index is 1.33. The van der Waals surface area contributed by atoms with Gasteiger partial charge in [0.2, 0.25) is 0 Å². The molecule has 0 bridgehead atoms. The minimum absolute atomic E-state index is 0.722. The second-order valence-corrected chi connectivity index (χ2v) is 8.40. The lowest BCUT2D eigenvalue weighted by Crippen LogP contribution is -2.68. The summed E-state index contributed by atoms with van der Waals surface area (Å²) >= 11 is 11.2. The summed E-state index contributed by atoms with van der Waals surface area (Å²) in [6.07, 6.45) is 2.02. The zero-order chi connectivity index (χ0) is 20.8. The van der Waals surface area contributed by atoms with E-state index in [1.165, 1.54) is 11.1 Å². The molecule has 2 fully saturated rings. The minimum atomic E-state index is 0.722. The molecule has 2 aromatic rings. The molecule has 6 nitrogen and oxygen atoms in total. The summed E-state index contributed by atoms with van der Waals surface area (Å²) in [7, 11) is 0. The number of hydrogen-bond donors (Lipinski definition) is 2. The molecule has 30 heavy (non-hydrogen) atoms. The molecule has 0 spiro atoms. The Labute approximate surface area is 189 Å². The number of nitrogens with zero attached hydrogens (tertiary/aromatic N) is 4. The summed E-state index contributed by atoms with van der Waals surface area (Å²) in [6.45, 7) is 4.89. The zero-order valence-corrected chi connectivity index (χ0v) is 18.7. The van der Waals surface area contributed by atoms with Crippen LogP contribution in [0.3, 0.4) is 0 Å². The Morgan fingerprint density at radius 2 is 1.03 bits per heavy atom. The Hall–Kier alpha value is -2.26. The molecular formula is C22H28N6S2. The van der Waals surface area contributed by atoms with Crippen molar-refractivity contribution >= 4 is 34.7 Å². The zero-order valence-electron chi connectivity index (χ0n) is 17.0. The van der Waals surface area contributed by atoms with E-state index >= 15 is 0 Å². The summed E-state index contributed by atoms with van der Waals surface area (Å²) in [5.41, 5.74) is 2.69. The molecule has 0 aromatic heterocycles. The molecule has 2 N–H and O–H groups in total. The van der Waals surface area contributed by atoms with Crippen LogP contribution in [0.5, 0.6) is 0 Å². The molecule has 0 saturated carbocycles. The highest BCUT2D eigenvalue weighted by Crippen LogP contribution is 2.13. The van der Waals surface area contributed by atoms with E-state index in [1.807, 2.05) is 0 Å². The third-order valence-corrected chi connectivity index (χ3v) is 6.17. The van der Waals surface area contributed by atoms with Crippen molar-refractivity contribution in [3.05, 3.63) is 71.8 Å². The maximum atomic E-state index is 5.61. The fraction of sp³-hybridized carbons (Fsp3) is 0.364. The Morgan fingerprint density at radius 1 is 0.633 bits per heavy atom. The fourth-order valence-corrected chi connectivity index (χ4v) is 4.13. The predicted octanol–water partition coefficient (Wildman–Crippen LogP) is 2.20. The van der Waals surface area contributed by atoms with Crippen LogP contribution in [0, 0.1) is 0 Å². The average molecular weight is 441 g/mol. The number of nitrogens with one attached hydrogen (secondary N) is 2. The van der Waals surface area contributed by atoms with Gasteiger partial charge < -0.3 is 10.6 Å². The van der Waals surface area contributed by atoms with E-state index in [-0.39, 0.29) is 0 Å². The van der Waals surface area contributed by atoms with E-state index in [0.29, 0.717) is 0 Å². The van der Waals surface area contributed by atoms with Crippen molar-refractivity contribution in [1.82, 2.24) is 30.5 Å². The van der Waals surface area contributed by atoms with Crippen LogP contribution in [0.15, 0.2) is 60.7 Å². The standard InChI is InChI=1S/C22H28N6S2/c29-21-23-15-25(13-11-19-7-3-1-4-8-19)17-27(21)28-18-26(16-24-22(28)30)14-12-20-9-5-2-6-10-20/h1-10H,11-18H2,(H,23,29)(H,24,30). The highest BCUT2D eigenvalue weighted by molar-refractivity contribution is 7.80. The van der Waals surface area contributed by atoms with Gasteiger partial charge in [-0.05, 0) is 48.4 Å². The van der Waals surface area contributed by atoms with Crippen LogP contribution in [-0.4, -0.2) is 69.8 Å². The smallest absolute Gasteiger partial charge is 0.190 e. The molecular weight excluding hydrogens is 412 g/mol. The van der Waals surface area contributed by atoms with Gasteiger partial charge in [0.25, 0.3) is 0 Å². The van der Waals surface area contributed by atoms with Gasteiger partial charge in [0.05, 0.1) is 26.7 Å². The van der Waals surface area contributed by atoms with Gasteiger partial charge in [-0.15, -0.1) is 0 Å². The number of thiocarbonyl (C=S) groups is 2. The van der Waals surface area contributed by atoms with E-state index in [2.05, 4.69) is 91.1 Å². The number of benzene rings is 2. The Bertz CT molecular complexity index is 776. The maximum absolute atomic E-state index is 5.61. The first kappa shape index (κ1) is 21.0. The largest absolute Gasteiger partial charge is 0.348 e.